The molecule has 0 amide bonds. The smallest absolute Gasteiger partial charge is 0.203 e. The lowest BCUT2D eigenvalue weighted by molar-refractivity contribution is -0.719. The Bertz CT molecular complexity index is 1300. The molecule has 0 aliphatic carbocycles. The second-order valence-electron chi connectivity index (χ2n) is 5.99. The third kappa shape index (κ3) is 2.32. The summed E-state index contributed by atoms with van der Waals surface area (Å²) in [5.41, 5.74) is 0.326. The van der Waals surface area contributed by atoms with Crippen LogP contribution in [0.25, 0.3) is 31.4 Å². The number of rotatable bonds is 1. The van der Waals surface area contributed by atoms with E-state index in [1.807, 2.05) is 24.3 Å². The molecule has 2 aromatic heterocycles. The molecule has 4 aromatic rings. The minimum absolute atomic E-state index is 0.0815. The van der Waals surface area contributed by atoms with Crippen LogP contribution in [0.15, 0.2) is 24.3 Å². The molecule has 0 saturated heterocycles. The highest BCUT2D eigenvalue weighted by atomic mass is 32.1. The van der Waals surface area contributed by atoms with Crippen molar-refractivity contribution in [3.8, 4) is 16.6 Å². The minimum Gasteiger partial charge on any atom is -0.203 e. The molecule has 0 spiro atoms. The van der Waals surface area contributed by atoms with Crippen LogP contribution in [0.3, 0.4) is 0 Å². The van der Waals surface area contributed by atoms with Gasteiger partial charge in [0.2, 0.25) is 5.69 Å². The normalized spacial score (nSPS) is 11.3. The summed E-state index contributed by atoms with van der Waals surface area (Å²) in [6.07, 6.45) is 0. The van der Waals surface area contributed by atoms with Gasteiger partial charge in [0.15, 0.2) is 30.3 Å². The van der Waals surface area contributed by atoms with E-state index in [1.165, 1.54) is 23.1 Å². The third-order valence-electron chi connectivity index (χ3n) is 4.48. The summed E-state index contributed by atoms with van der Waals surface area (Å²) in [6.45, 7) is 1.80. The number of benzene rings is 2. The summed E-state index contributed by atoms with van der Waals surface area (Å²) in [5.74, 6) is -7.07. The highest BCUT2D eigenvalue weighted by Crippen LogP contribution is 2.41. The van der Waals surface area contributed by atoms with E-state index in [2.05, 4.69) is 5.10 Å². The number of halogens is 4. The van der Waals surface area contributed by atoms with Crippen LogP contribution < -0.4 is 4.68 Å². The first-order valence-electron chi connectivity index (χ1n) is 7.81. The van der Waals surface area contributed by atoms with Gasteiger partial charge in [-0.05, 0) is 23.9 Å². The van der Waals surface area contributed by atoms with E-state index in [0.717, 1.165) is 15.6 Å². The molecule has 0 aliphatic heterocycles. The largest absolute Gasteiger partial charge is 0.260 e. The number of fused-ring (bicyclic) bond motifs is 2. The molecule has 3 nitrogen and oxygen atoms in total. The fourth-order valence-electron chi connectivity index (χ4n) is 3.23. The molecule has 27 heavy (non-hydrogen) atoms. The predicted molar refractivity (Wildman–Crippen MR) is 93.0 cm³/mol. The fraction of sp³-hybridized carbons (Fsp3) is 0.105. The maximum absolute atomic E-state index is 14.7. The molecular weight excluding hydrogens is 378 g/mol. The van der Waals surface area contributed by atoms with E-state index >= 15 is 0 Å². The predicted octanol–water partition coefficient (Wildman–Crippen LogP) is 4.68. The fourth-order valence-corrected chi connectivity index (χ4v) is 4.52. The lowest BCUT2D eigenvalue weighted by Crippen LogP contribution is -2.37. The van der Waals surface area contributed by atoms with E-state index in [4.69, 9.17) is 0 Å². The van der Waals surface area contributed by atoms with E-state index in [-0.39, 0.29) is 5.69 Å². The van der Waals surface area contributed by atoms with E-state index in [9.17, 15) is 22.8 Å². The Morgan fingerprint density at radius 2 is 1.63 bits per heavy atom. The quantitative estimate of drug-likeness (QED) is 0.206. The van der Waals surface area contributed by atoms with Gasteiger partial charge >= 0.3 is 0 Å². The highest BCUT2D eigenvalue weighted by molar-refractivity contribution is 7.22. The highest BCUT2D eigenvalue weighted by Gasteiger charge is 2.33. The van der Waals surface area contributed by atoms with Gasteiger partial charge in [-0.3, -0.25) is 0 Å². The van der Waals surface area contributed by atoms with Gasteiger partial charge in [0, 0.05) is 9.80 Å². The molecule has 0 unspecified atom stereocenters. The molecule has 8 heteroatoms. The first-order chi connectivity index (χ1) is 12.9. The number of hydrogen-bond donors (Lipinski definition) is 0. The van der Waals surface area contributed by atoms with Crippen LogP contribution in [0, 0.1) is 41.5 Å². The minimum atomic E-state index is -1.97. The number of hydrogen-bond acceptors (Lipinski definition) is 3. The maximum Gasteiger partial charge on any atom is 0.260 e. The number of aromatic nitrogens is 2. The lowest BCUT2D eigenvalue weighted by Gasteiger charge is -2.08. The van der Waals surface area contributed by atoms with Gasteiger partial charge in [-0.1, -0.05) is 22.9 Å². The molecule has 0 saturated carbocycles. The number of thiophene rings is 1. The summed E-state index contributed by atoms with van der Waals surface area (Å²) in [7, 11) is 1.44. The van der Waals surface area contributed by atoms with Gasteiger partial charge < -0.3 is 0 Å². The van der Waals surface area contributed by atoms with Gasteiger partial charge in [0.1, 0.15) is 16.3 Å². The van der Waals surface area contributed by atoms with Crippen molar-refractivity contribution in [2.75, 3.05) is 0 Å². The van der Waals surface area contributed by atoms with Crippen LogP contribution in [0.2, 0.25) is 0 Å². The van der Waals surface area contributed by atoms with E-state index < -0.39 is 39.7 Å². The van der Waals surface area contributed by atoms with Crippen molar-refractivity contribution >= 4 is 32.2 Å². The van der Waals surface area contributed by atoms with Crippen molar-refractivity contribution in [1.29, 1.82) is 5.26 Å². The molecule has 0 N–H and O–H groups in total. The van der Waals surface area contributed by atoms with Crippen molar-refractivity contribution in [2.45, 2.75) is 6.92 Å². The Balaban J connectivity index is 2.27. The molecule has 0 bridgehead atoms. The van der Waals surface area contributed by atoms with Gasteiger partial charge in [0.25, 0.3) is 5.69 Å². The molecule has 0 atom stereocenters. The van der Waals surface area contributed by atoms with E-state index in [1.54, 1.807) is 13.0 Å². The first-order valence-corrected chi connectivity index (χ1v) is 8.63. The molecule has 134 valence electrons. The third-order valence-corrected chi connectivity index (χ3v) is 5.76. The molecular formula is C19H10F4N3S+. The van der Waals surface area contributed by atoms with Crippen LogP contribution in [-0.2, 0) is 7.05 Å². The summed E-state index contributed by atoms with van der Waals surface area (Å²) in [4.78, 5) is 0.532. The van der Waals surface area contributed by atoms with Gasteiger partial charge in [-0.25, -0.2) is 17.6 Å². The monoisotopic (exact) mass is 388 g/mol. The second kappa shape index (κ2) is 5.99. The topological polar surface area (TPSA) is 40.6 Å². The second-order valence-corrected chi connectivity index (χ2v) is 7.04. The molecule has 0 radical (unpaired) electrons. The SMILES string of the molecule is Cc1c(-c2c3c(F)c(F)c(F)c(F)c3c(C#N)n[n+]2C)sc2ccccc12. The van der Waals surface area contributed by atoms with Crippen molar-refractivity contribution in [3.05, 3.63) is 58.8 Å². The van der Waals surface area contributed by atoms with Crippen LogP contribution in [0.4, 0.5) is 17.6 Å². The zero-order chi connectivity index (χ0) is 19.5. The first kappa shape index (κ1) is 17.4. The Kier molecular flexibility index (Phi) is 3.86. The molecule has 0 aliphatic rings. The van der Waals surface area contributed by atoms with Crippen LogP contribution in [0.1, 0.15) is 11.3 Å². The Morgan fingerprint density at radius 3 is 2.26 bits per heavy atom. The summed E-state index contributed by atoms with van der Waals surface area (Å²) < 4.78 is 59.0. The van der Waals surface area contributed by atoms with Gasteiger partial charge in [0.05, 0.1) is 5.39 Å². The van der Waals surface area contributed by atoms with Crippen molar-refractivity contribution in [2.24, 2.45) is 7.05 Å². The average Bonchev–Trinajstić information content (AvgIpc) is 3.00. The molecule has 2 aromatic carbocycles. The zero-order valence-electron chi connectivity index (χ0n) is 14.1. The average molecular weight is 388 g/mol. The molecule has 2 heterocycles. The Labute approximate surface area is 154 Å². The van der Waals surface area contributed by atoms with Gasteiger partial charge in [-0.15, -0.1) is 11.3 Å². The van der Waals surface area contributed by atoms with Crippen LogP contribution in [0.5, 0.6) is 0 Å². The summed E-state index contributed by atoms with van der Waals surface area (Å²) in [5, 5.41) is 12.9. The van der Waals surface area contributed by atoms with Crippen molar-refractivity contribution in [1.82, 2.24) is 5.10 Å². The van der Waals surface area contributed by atoms with E-state index in [0.29, 0.717) is 4.88 Å². The lowest BCUT2D eigenvalue weighted by atomic mass is 10.0. The maximum atomic E-state index is 14.7. The summed E-state index contributed by atoms with van der Waals surface area (Å²) in [6, 6.07) is 9.05. The number of nitriles is 1. The van der Waals surface area contributed by atoms with Crippen LogP contribution in [-0.4, -0.2) is 5.10 Å². The number of nitrogens with zero attached hydrogens (tertiary/aromatic N) is 3. The summed E-state index contributed by atoms with van der Waals surface area (Å²) >= 11 is 1.30. The van der Waals surface area contributed by atoms with Crippen LogP contribution >= 0.6 is 11.3 Å². The Hall–Kier alpha value is -3.05. The van der Waals surface area contributed by atoms with Gasteiger partial charge in [-0.2, -0.15) is 5.26 Å². The molecule has 0 fully saturated rings. The zero-order valence-corrected chi connectivity index (χ0v) is 14.9. The molecule has 4 rings (SSSR count). The van der Waals surface area contributed by atoms with Crippen molar-refractivity contribution < 1.29 is 22.2 Å². The number of aryl methyl sites for hydroxylation is 2. The standard InChI is InChI=1S/C19H10F4N3S/c1-8-9-5-3-4-6-11(9)27-19(8)18-13-12(10(7-24)25-26(18)2)14(20)16(22)17(23)15(13)21/h3-6H,1-2H3/q+1. The Morgan fingerprint density at radius 1 is 1.00 bits per heavy atom. The van der Waals surface area contributed by atoms with Crippen molar-refractivity contribution in [3.63, 3.8) is 0 Å².